The van der Waals surface area contributed by atoms with E-state index >= 15 is 0 Å². The van der Waals surface area contributed by atoms with Crippen LogP contribution in [0.3, 0.4) is 0 Å². The number of carbonyl (C=O) groups is 2. The molecule has 0 aliphatic carbocycles. The number of hydrogen-bond acceptors (Lipinski definition) is 5. The number of fused-ring (bicyclic) bond motifs is 1. The summed E-state index contributed by atoms with van der Waals surface area (Å²) in [4.78, 5) is 35.3. The molecule has 29 heavy (non-hydrogen) atoms. The number of rotatable bonds is 3. The van der Waals surface area contributed by atoms with Crippen LogP contribution in [0, 0.1) is 10.8 Å². The number of piperidine rings is 1. The summed E-state index contributed by atoms with van der Waals surface area (Å²) in [5.74, 6) is 0.342. The lowest BCUT2D eigenvalue weighted by molar-refractivity contribution is -0.133. The molecule has 6 nitrogen and oxygen atoms in total. The van der Waals surface area contributed by atoms with Gasteiger partial charge in [0.1, 0.15) is 0 Å². The Morgan fingerprint density at radius 2 is 2.03 bits per heavy atom. The Labute approximate surface area is 174 Å². The molecule has 0 aromatic carbocycles. The van der Waals surface area contributed by atoms with Crippen LogP contribution in [0.2, 0.25) is 0 Å². The van der Waals surface area contributed by atoms with Gasteiger partial charge in [0.05, 0.1) is 10.3 Å². The maximum absolute atomic E-state index is 13.0. The molecule has 2 aromatic heterocycles. The van der Waals surface area contributed by atoms with E-state index in [2.05, 4.69) is 21.3 Å². The van der Waals surface area contributed by atoms with Gasteiger partial charge in [-0.1, -0.05) is 12.1 Å². The Balaban J connectivity index is 1.36. The molecule has 1 N–H and O–H groups in total. The van der Waals surface area contributed by atoms with Gasteiger partial charge in [-0.25, -0.2) is 0 Å². The Morgan fingerprint density at radius 3 is 2.69 bits per heavy atom. The summed E-state index contributed by atoms with van der Waals surface area (Å²) >= 11 is 1.50. The van der Waals surface area contributed by atoms with Gasteiger partial charge < -0.3 is 10.2 Å². The zero-order chi connectivity index (χ0) is 19.9. The van der Waals surface area contributed by atoms with Gasteiger partial charge >= 0.3 is 0 Å². The van der Waals surface area contributed by atoms with Crippen molar-refractivity contribution in [3.05, 3.63) is 52.5 Å². The van der Waals surface area contributed by atoms with E-state index in [1.54, 1.807) is 6.20 Å². The fraction of sp³-hybridized carbons (Fsp3) is 0.500. The molecule has 1 atom stereocenters. The normalized spacial score (nSPS) is 26.3. The minimum Gasteiger partial charge on any atom is -0.356 e. The molecule has 0 unspecified atom stereocenters. The third-order valence-electron chi connectivity index (χ3n) is 7.18. The van der Waals surface area contributed by atoms with Crippen LogP contribution < -0.4 is 5.32 Å². The summed E-state index contributed by atoms with van der Waals surface area (Å²) in [5, 5.41) is 5.06. The fourth-order valence-corrected chi connectivity index (χ4v) is 6.40. The first-order valence-electron chi connectivity index (χ1n) is 10.3. The van der Waals surface area contributed by atoms with Crippen molar-refractivity contribution < 1.29 is 9.59 Å². The molecule has 3 aliphatic heterocycles. The number of nitrogens with zero attached hydrogens (tertiary/aromatic N) is 3. The van der Waals surface area contributed by atoms with Crippen LogP contribution in [-0.4, -0.2) is 59.3 Å². The van der Waals surface area contributed by atoms with Crippen LogP contribution >= 0.6 is 11.3 Å². The zero-order valence-corrected chi connectivity index (χ0v) is 17.3. The predicted molar refractivity (Wildman–Crippen MR) is 111 cm³/mol. The smallest absolute Gasteiger partial charge is 0.263 e. The summed E-state index contributed by atoms with van der Waals surface area (Å²) in [5.41, 5.74) is 0.804. The molecule has 7 heteroatoms. The average molecular weight is 411 g/mol. The third kappa shape index (κ3) is 3.07. The van der Waals surface area contributed by atoms with Crippen molar-refractivity contribution >= 4 is 23.2 Å². The first kappa shape index (κ1) is 18.8. The molecule has 2 aromatic rings. The van der Waals surface area contributed by atoms with Crippen LogP contribution in [0.25, 0.3) is 0 Å². The second-order valence-corrected chi connectivity index (χ2v) is 9.59. The lowest BCUT2D eigenvalue weighted by Gasteiger charge is -2.46. The second kappa shape index (κ2) is 7.22. The van der Waals surface area contributed by atoms with Crippen LogP contribution in [0.5, 0.6) is 0 Å². The predicted octanol–water partition coefficient (Wildman–Crippen LogP) is 2.39. The molecule has 2 spiro atoms. The maximum Gasteiger partial charge on any atom is 0.263 e. The van der Waals surface area contributed by atoms with Crippen LogP contribution in [-0.2, 0) is 11.3 Å². The minimum absolute atomic E-state index is 0.0535. The van der Waals surface area contributed by atoms with Crippen molar-refractivity contribution in [2.45, 2.75) is 25.8 Å². The summed E-state index contributed by atoms with van der Waals surface area (Å²) in [6.45, 7) is 4.75. The number of amides is 2. The van der Waals surface area contributed by atoms with Crippen molar-refractivity contribution in [1.29, 1.82) is 0 Å². The van der Waals surface area contributed by atoms with Gasteiger partial charge in [-0.2, -0.15) is 0 Å². The fourth-order valence-electron chi connectivity index (χ4n) is 5.71. The number of likely N-dealkylation sites (tertiary alicyclic amines) is 2. The molecule has 3 aliphatic rings. The number of hydrogen-bond donors (Lipinski definition) is 1. The number of pyridine rings is 1. The summed E-state index contributed by atoms with van der Waals surface area (Å²) < 4.78 is 0. The summed E-state index contributed by atoms with van der Waals surface area (Å²) in [6, 6.07) is 7.89. The standard InChI is InChI=1S/C22H26N4O2S/c27-19(18-4-2-12-29-18)26-10-6-21(7-11-26)15-25(14-17-3-1-8-23-13-17)16-22(21)5-9-24-20(22)28/h1-4,8,12-13H,5-7,9-11,14-16H2,(H,24,28)/t22-/m0/s1. The average Bonchev–Trinajstić information content (AvgIpc) is 3.45. The van der Waals surface area contributed by atoms with Crippen LogP contribution in [0.15, 0.2) is 42.0 Å². The Bertz CT molecular complexity index is 893. The number of aromatic nitrogens is 1. The number of nitrogens with one attached hydrogen (secondary N) is 1. The van der Waals surface area contributed by atoms with E-state index in [9.17, 15) is 9.59 Å². The highest BCUT2D eigenvalue weighted by molar-refractivity contribution is 7.12. The Kier molecular flexibility index (Phi) is 4.67. The van der Waals surface area contributed by atoms with Gasteiger partial charge in [0.2, 0.25) is 5.91 Å². The zero-order valence-electron chi connectivity index (χ0n) is 16.5. The molecule has 0 bridgehead atoms. The topological polar surface area (TPSA) is 65.5 Å². The van der Waals surface area contributed by atoms with Crippen molar-refractivity contribution in [3.63, 3.8) is 0 Å². The molecular formula is C22H26N4O2S. The molecule has 0 saturated carbocycles. The van der Waals surface area contributed by atoms with Gasteiger partial charge in [-0.3, -0.25) is 19.5 Å². The van der Waals surface area contributed by atoms with Crippen molar-refractivity contribution in [3.8, 4) is 0 Å². The van der Waals surface area contributed by atoms with Crippen molar-refractivity contribution in [2.75, 3.05) is 32.7 Å². The van der Waals surface area contributed by atoms with Gasteiger partial charge in [0.15, 0.2) is 0 Å². The molecule has 3 fully saturated rings. The van der Waals surface area contributed by atoms with Crippen molar-refractivity contribution in [2.24, 2.45) is 10.8 Å². The number of carbonyl (C=O) groups excluding carboxylic acids is 2. The number of thiophene rings is 1. The Morgan fingerprint density at radius 1 is 1.17 bits per heavy atom. The van der Waals surface area contributed by atoms with E-state index < -0.39 is 0 Å². The molecule has 3 saturated heterocycles. The van der Waals surface area contributed by atoms with Gasteiger partial charge in [-0.05, 0) is 42.3 Å². The van der Waals surface area contributed by atoms with Crippen LogP contribution in [0.4, 0.5) is 0 Å². The first-order valence-corrected chi connectivity index (χ1v) is 11.2. The molecule has 2 amide bonds. The SMILES string of the molecule is O=C(c1cccs1)N1CCC2(CC1)CN(Cc1cccnc1)C[C@]21CCNC1=O. The lowest BCUT2D eigenvalue weighted by atomic mass is 9.60. The monoisotopic (exact) mass is 410 g/mol. The van der Waals surface area contributed by atoms with Gasteiger partial charge in [0, 0.05) is 57.1 Å². The second-order valence-electron chi connectivity index (χ2n) is 8.64. The lowest BCUT2D eigenvalue weighted by Crippen LogP contribution is -2.53. The van der Waals surface area contributed by atoms with E-state index in [0.29, 0.717) is 0 Å². The highest BCUT2D eigenvalue weighted by Gasteiger charge is 2.63. The third-order valence-corrected chi connectivity index (χ3v) is 8.03. The quantitative estimate of drug-likeness (QED) is 0.844. The largest absolute Gasteiger partial charge is 0.356 e. The van der Waals surface area contributed by atoms with E-state index in [1.807, 2.05) is 34.7 Å². The molecule has 152 valence electrons. The van der Waals surface area contributed by atoms with E-state index in [-0.39, 0.29) is 22.6 Å². The highest BCUT2D eigenvalue weighted by Crippen LogP contribution is 2.56. The maximum atomic E-state index is 13.0. The van der Waals surface area contributed by atoms with E-state index in [0.717, 1.165) is 63.4 Å². The molecule has 5 rings (SSSR count). The highest BCUT2D eigenvalue weighted by atomic mass is 32.1. The van der Waals surface area contributed by atoms with Gasteiger partial charge in [0.25, 0.3) is 5.91 Å². The minimum atomic E-state index is -0.326. The summed E-state index contributed by atoms with van der Waals surface area (Å²) in [7, 11) is 0. The molecule has 0 radical (unpaired) electrons. The van der Waals surface area contributed by atoms with E-state index in [1.165, 1.54) is 16.9 Å². The van der Waals surface area contributed by atoms with Gasteiger partial charge in [-0.15, -0.1) is 11.3 Å². The van der Waals surface area contributed by atoms with E-state index in [4.69, 9.17) is 0 Å². The first-order chi connectivity index (χ1) is 14.1. The van der Waals surface area contributed by atoms with Crippen LogP contribution in [0.1, 0.15) is 34.5 Å². The Hall–Kier alpha value is -2.25. The van der Waals surface area contributed by atoms with Crippen molar-refractivity contribution in [1.82, 2.24) is 20.1 Å². The molecule has 5 heterocycles. The summed E-state index contributed by atoms with van der Waals surface area (Å²) in [6.07, 6.45) is 6.38. The molecular weight excluding hydrogens is 384 g/mol.